The van der Waals surface area contributed by atoms with Crippen LogP contribution in [0.3, 0.4) is 0 Å². The van der Waals surface area contributed by atoms with E-state index in [2.05, 4.69) is 135 Å². The highest BCUT2D eigenvalue weighted by Crippen LogP contribution is 2.31. The maximum atomic E-state index is 3.85. The molecule has 0 N–H and O–H groups in total. The van der Waals surface area contributed by atoms with Gasteiger partial charge in [-0.1, -0.05) is 140 Å². The van der Waals surface area contributed by atoms with Crippen LogP contribution < -0.4 is 15.6 Å². The summed E-state index contributed by atoms with van der Waals surface area (Å²) in [5, 5.41) is 5.80. The van der Waals surface area contributed by atoms with Crippen LogP contribution in [0.25, 0.3) is 0 Å². The predicted octanol–water partition coefficient (Wildman–Crippen LogP) is 5.07. The second-order valence-electron chi connectivity index (χ2n) is 6.79. The molecule has 3 aromatic rings. The van der Waals surface area contributed by atoms with Gasteiger partial charge >= 0.3 is 0 Å². The van der Waals surface area contributed by atoms with Crippen molar-refractivity contribution in [2.75, 3.05) is 0 Å². The molecule has 0 aliphatic heterocycles. The van der Waals surface area contributed by atoms with Crippen molar-refractivity contribution >= 4 is 55.5 Å². The Labute approximate surface area is 178 Å². The van der Waals surface area contributed by atoms with E-state index in [0.717, 1.165) is 10.9 Å². The molecule has 4 rings (SSSR count). The van der Waals surface area contributed by atoms with Crippen LogP contribution in [0.1, 0.15) is 6.42 Å². The molecule has 0 spiro atoms. The van der Waals surface area contributed by atoms with Gasteiger partial charge in [0.05, 0.1) is 0 Å². The molecule has 0 heterocycles. The Morgan fingerprint density at radius 3 is 1.44 bits per heavy atom. The third-order valence-corrected chi connectivity index (χ3v) is 11.2. The molecule has 0 saturated heterocycles. The van der Waals surface area contributed by atoms with E-state index in [0.29, 0.717) is 4.83 Å². The lowest BCUT2D eigenvalue weighted by Gasteiger charge is -2.38. The van der Waals surface area contributed by atoms with Crippen molar-refractivity contribution < 1.29 is 0 Å². The Hall–Kier alpha value is -1.68. The number of rotatable bonds is 4. The molecule has 1 atom stereocenters. The van der Waals surface area contributed by atoms with Crippen LogP contribution >= 0.6 is 31.9 Å². The summed E-state index contributed by atoms with van der Waals surface area (Å²) in [6.45, 7) is 0. The predicted molar refractivity (Wildman–Crippen MR) is 126 cm³/mol. The molecule has 3 heteroatoms. The van der Waals surface area contributed by atoms with Gasteiger partial charge in [0.15, 0.2) is 8.07 Å². The summed E-state index contributed by atoms with van der Waals surface area (Å²) in [6.07, 6.45) is 5.61. The van der Waals surface area contributed by atoms with Crippen LogP contribution in [0.15, 0.2) is 113 Å². The molecule has 1 aliphatic carbocycles. The van der Waals surface area contributed by atoms with Gasteiger partial charge in [-0.15, -0.1) is 0 Å². The topological polar surface area (TPSA) is 0 Å². The van der Waals surface area contributed by atoms with E-state index in [1.807, 2.05) is 0 Å². The Balaban J connectivity index is 2.09. The molecular formula is C24H20Br2Si. The zero-order valence-corrected chi connectivity index (χ0v) is 19.0. The third kappa shape index (κ3) is 3.56. The van der Waals surface area contributed by atoms with E-state index in [4.69, 9.17) is 0 Å². The van der Waals surface area contributed by atoms with Gasteiger partial charge in [-0.05, 0) is 22.0 Å². The first-order valence-electron chi connectivity index (χ1n) is 9.10. The van der Waals surface area contributed by atoms with Crippen LogP contribution in [0, 0.1) is 0 Å². The summed E-state index contributed by atoms with van der Waals surface area (Å²) in [5.41, 5.74) is 0. The Morgan fingerprint density at radius 2 is 1.07 bits per heavy atom. The van der Waals surface area contributed by atoms with E-state index in [1.54, 1.807) is 0 Å². The van der Waals surface area contributed by atoms with E-state index >= 15 is 0 Å². The van der Waals surface area contributed by atoms with Crippen molar-refractivity contribution in [1.82, 2.24) is 0 Å². The number of allylic oxidation sites excluding steroid dienone is 4. The smallest absolute Gasteiger partial charge is 0.0842 e. The molecule has 134 valence electrons. The SMILES string of the molecule is BrC1=CC(Br)CC([Si](c2ccccc2)(c2ccccc2)c2ccccc2)=C1. The van der Waals surface area contributed by atoms with Crippen molar-refractivity contribution in [3.05, 3.63) is 113 Å². The minimum Gasteiger partial charge on any atom is -0.0842 e. The zero-order valence-electron chi connectivity index (χ0n) is 14.9. The Bertz CT molecular complexity index is 866. The molecule has 0 radical (unpaired) electrons. The van der Waals surface area contributed by atoms with Crippen LogP contribution in [0.4, 0.5) is 0 Å². The average Bonchev–Trinajstić information content (AvgIpc) is 2.70. The highest BCUT2D eigenvalue weighted by atomic mass is 79.9. The lowest BCUT2D eigenvalue weighted by Crippen LogP contribution is -2.69. The first kappa shape index (κ1) is 18.7. The Kier molecular flexibility index (Phi) is 5.62. The lowest BCUT2D eigenvalue weighted by molar-refractivity contribution is 1.04. The van der Waals surface area contributed by atoms with Crippen molar-refractivity contribution in [1.29, 1.82) is 0 Å². The molecule has 27 heavy (non-hydrogen) atoms. The molecule has 1 unspecified atom stereocenters. The van der Waals surface area contributed by atoms with E-state index in [-0.39, 0.29) is 0 Å². The molecular weight excluding hydrogens is 476 g/mol. The summed E-state index contributed by atoms with van der Waals surface area (Å²) in [6, 6.07) is 33.2. The highest BCUT2D eigenvalue weighted by molar-refractivity contribution is 9.12. The maximum Gasteiger partial charge on any atom is 0.175 e. The van der Waals surface area contributed by atoms with Gasteiger partial charge in [0.1, 0.15) is 0 Å². The number of halogens is 2. The number of benzene rings is 3. The van der Waals surface area contributed by atoms with Crippen LogP contribution in [-0.4, -0.2) is 12.9 Å². The van der Waals surface area contributed by atoms with Crippen LogP contribution in [-0.2, 0) is 0 Å². The quantitative estimate of drug-likeness (QED) is 0.269. The van der Waals surface area contributed by atoms with E-state index < -0.39 is 8.07 Å². The van der Waals surface area contributed by atoms with Gasteiger partial charge in [-0.3, -0.25) is 0 Å². The van der Waals surface area contributed by atoms with Crippen molar-refractivity contribution in [3.63, 3.8) is 0 Å². The van der Waals surface area contributed by atoms with Crippen LogP contribution in [0.5, 0.6) is 0 Å². The van der Waals surface area contributed by atoms with Gasteiger partial charge in [-0.25, -0.2) is 0 Å². The highest BCUT2D eigenvalue weighted by Gasteiger charge is 2.43. The fourth-order valence-corrected chi connectivity index (χ4v) is 11.3. The second kappa shape index (κ2) is 8.13. The minimum absolute atomic E-state index is 0.342. The maximum absolute atomic E-state index is 3.85. The normalized spacial score (nSPS) is 17.2. The monoisotopic (exact) mass is 494 g/mol. The molecule has 0 bridgehead atoms. The van der Waals surface area contributed by atoms with Gasteiger partial charge in [0.25, 0.3) is 0 Å². The molecule has 0 saturated carbocycles. The van der Waals surface area contributed by atoms with Crippen molar-refractivity contribution in [3.8, 4) is 0 Å². The number of alkyl halides is 1. The molecule has 0 aromatic heterocycles. The summed E-state index contributed by atoms with van der Waals surface area (Å²) < 4.78 is 1.16. The summed E-state index contributed by atoms with van der Waals surface area (Å²) in [5.74, 6) is 0. The largest absolute Gasteiger partial charge is 0.175 e. The van der Waals surface area contributed by atoms with Crippen molar-refractivity contribution in [2.24, 2.45) is 0 Å². The third-order valence-electron chi connectivity index (χ3n) is 5.17. The first-order valence-corrected chi connectivity index (χ1v) is 12.8. The standard InChI is InChI=1S/C24H20Br2Si/c25-19-16-20(26)18-24(17-19)27(21-10-4-1-5-11-21,22-12-6-2-7-13-22)23-14-8-3-9-15-23/h1-17,20H,18H2. The Morgan fingerprint density at radius 1 is 0.667 bits per heavy atom. The van der Waals surface area contributed by atoms with Crippen molar-refractivity contribution in [2.45, 2.75) is 11.2 Å². The second-order valence-corrected chi connectivity index (χ2v) is 12.8. The summed E-state index contributed by atoms with van der Waals surface area (Å²) in [4.78, 5) is 0.342. The molecule has 3 aromatic carbocycles. The summed E-state index contributed by atoms with van der Waals surface area (Å²) in [7, 11) is -2.35. The van der Waals surface area contributed by atoms with Gasteiger partial charge in [-0.2, -0.15) is 0 Å². The minimum atomic E-state index is -2.35. The van der Waals surface area contributed by atoms with E-state index in [9.17, 15) is 0 Å². The van der Waals surface area contributed by atoms with Gasteiger partial charge < -0.3 is 0 Å². The summed E-state index contributed by atoms with van der Waals surface area (Å²) >= 11 is 7.61. The van der Waals surface area contributed by atoms with E-state index in [1.165, 1.54) is 20.8 Å². The number of hydrogen-bond donors (Lipinski definition) is 0. The number of hydrogen-bond acceptors (Lipinski definition) is 0. The lowest BCUT2D eigenvalue weighted by atomic mass is 10.2. The molecule has 1 aliphatic rings. The zero-order chi connectivity index (χ0) is 18.7. The van der Waals surface area contributed by atoms with Gasteiger partial charge in [0, 0.05) is 9.31 Å². The fraction of sp³-hybridized carbons (Fsp3) is 0.0833. The van der Waals surface area contributed by atoms with Crippen LogP contribution in [0.2, 0.25) is 0 Å². The molecule has 0 amide bonds. The molecule has 0 nitrogen and oxygen atoms in total. The molecule has 0 fully saturated rings. The average molecular weight is 496 g/mol. The fourth-order valence-electron chi connectivity index (χ4n) is 4.10. The van der Waals surface area contributed by atoms with Gasteiger partial charge in [0.2, 0.25) is 0 Å². The first-order chi connectivity index (χ1) is 13.2.